The van der Waals surface area contributed by atoms with Crippen LogP contribution in [-0.2, 0) is 22.6 Å². The van der Waals surface area contributed by atoms with Crippen LogP contribution < -0.4 is 10.6 Å². The Balaban J connectivity index is 1.12. The van der Waals surface area contributed by atoms with Crippen molar-refractivity contribution < 1.29 is 18.9 Å². The molecular weight excluding hydrogens is 666 g/mol. The quantitative estimate of drug-likeness (QED) is 0.327. The molecule has 10 heteroatoms. The number of hydrogen-bond donors (Lipinski definition) is 2. The van der Waals surface area contributed by atoms with Crippen LogP contribution in [-0.4, -0.2) is 84.5 Å². The second-order valence-electron chi connectivity index (χ2n) is 14.2. The summed E-state index contributed by atoms with van der Waals surface area (Å²) in [4.78, 5) is 45.1. The van der Waals surface area contributed by atoms with E-state index in [1.807, 2.05) is 41.0 Å². The number of para-hydroxylation sites is 1. The van der Waals surface area contributed by atoms with Crippen LogP contribution in [0.2, 0.25) is 5.02 Å². The summed E-state index contributed by atoms with van der Waals surface area (Å²) in [6, 6.07) is 12.0. The fourth-order valence-electron chi connectivity index (χ4n) is 8.34. The van der Waals surface area contributed by atoms with Gasteiger partial charge in [-0.2, -0.15) is 0 Å². The van der Waals surface area contributed by atoms with E-state index in [4.69, 9.17) is 11.6 Å². The van der Waals surface area contributed by atoms with Crippen LogP contribution in [0.1, 0.15) is 61.6 Å². The Morgan fingerprint density at radius 1 is 1.02 bits per heavy atom. The molecule has 3 saturated heterocycles. The smallest absolute Gasteiger partial charge is 0.322 e. The van der Waals surface area contributed by atoms with Crippen molar-refractivity contribution in [2.75, 3.05) is 51.6 Å². The van der Waals surface area contributed by atoms with E-state index < -0.39 is 5.92 Å². The van der Waals surface area contributed by atoms with E-state index in [-0.39, 0.29) is 30.3 Å². The van der Waals surface area contributed by atoms with Gasteiger partial charge in [-0.25, -0.2) is 9.59 Å². The minimum atomic E-state index is -0.414. The number of anilines is 1. The number of hydrogen-bond acceptors (Lipinski definition) is 4. The van der Waals surface area contributed by atoms with Crippen molar-refractivity contribution in [3.63, 3.8) is 0 Å². The third kappa shape index (κ3) is 7.33. The molecule has 2 aromatic rings. The Bertz CT molecular complexity index is 1420. The minimum Gasteiger partial charge on any atom is -0.343 e. The molecule has 0 spiro atoms. The lowest BCUT2D eigenvalue weighted by Gasteiger charge is -2.43. The zero-order chi connectivity index (χ0) is 32.4. The highest BCUT2D eigenvalue weighted by atomic mass is 79.9. The van der Waals surface area contributed by atoms with Gasteiger partial charge in [0, 0.05) is 55.1 Å². The third-order valence-corrected chi connectivity index (χ3v) is 12.6. The van der Waals surface area contributed by atoms with Crippen LogP contribution in [0.15, 0.2) is 40.9 Å². The number of rotatable bonds is 7. The van der Waals surface area contributed by atoms with Gasteiger partial charge in [0.25, 0.3) is 0 Å². The van der Waals surface area contributed by atoms with Crippen LogP contribution in [0.4, 0.5) is 10.5 Å². The predicted octanol–water partition coefficient (Wildman–Crippen LogP) is 6.38. The number of amides is 4. The SMILES string of the molecule is Cc1cc(CC(CC(=O)N2CCC(N3Cc4ccccc4NC3=O)CC2)C(=O)[N+]2(C)CCC(C3CCNCC3)CC2)cc(Br)c1Cl. The molecular formula is C36H48BrClN5O3+. The first-order valence-corrected chi connectivity index (χ1v) is 18.3. The highest BCUT2D eigenvalue weighted by molar-refractivity contribution is 9.10. The molecule has 2 aromatic carbocycles. The zero-order valence-corrected chi connectivity index (χ0v) is 29.5. The number of carbonyl (C=O) groups is 3. The first-order chi connectivity index (χ1) is 22.1. The van der Waals surface area contributed by atoms with Crippen molar-refractivity contribution in [2.24, 2.45) is 17.8 Å². The average Bonchev–Trinajstić information content (AvgIpc) is 3.07. The molecule has 0 aromatic heterocycles. The maximum Gasteiger partial charge on any atom is 0.322 e. The van der Waals surface area contributed by atoms with Crippen molar-refractivity contribution in [3.05, 3.63) is 62.6 Å². The van der Waals surface area contributed by atoms with Gasteiger partial charge < -0.3 is 20.4 Å². The summed E-state index contributed by atoms with van der Waals surface area (Å²) in [6.07, 6.45) is 6.78. The number of carbonyl (C=O) groups excluding carboxylic acids is 3. The lowest BCUT2D eigenvalue weighted by Crippen LogP contribution is -2.58. The molecule has 0 aliphatic carbocycles. The molecule has 2 N–H and O–H groups in total. The molecule has 46 heavy (non-hydrogen) atoms. The molecule has 0 bridgehead atoms. The number of piperidine rings is 3. The van der Waals surface area contributed by atoms with E-state index in [1.54, 1.807) is 0 Å². The topological polar surface area (TPSA) is 81.8 Å². The molecule has 1 unspecified atom stereocenters. The molecule has 0 radical (unpaired) electrons. The lowest BCUT2D eigenvalue weighted by atomic mass is 9.78. The Hall–Kier alpha value is -2.46. The normalized spacial score (nSPS) is 25.1. The van der Waals surface area contributed by atoms with Gasteiger partial charge in [0.2, 0.25) is 5.91 Å². The van der Waals surface area contributed by atoms with Crippen LogP contribution in [0.25, 0.3) is 0 Å². The summed E-state index contributed by atoms with van der Waals surface area (Å²) < 4.78 is 1.22. The highest BCUT2D eigenvalue weighted by Crippen LogP contribution is 2.36. The van der Waals surface area contributed by atoms with Crippen LogP contribution in [0.3, 0.4) is 0 Å². The van der Waals surface area contributed by atoms with Gasteiger partial charge in [-0.05, 0) is 109 Å². The fourth-order valence-corrected chi connectivity index (χ4v) is 9.05. The van der Waals surface area contributed by atoms with E-state index >= 15 is 0 Å². The van der Waals surface area contributed by atoms with Gasteiger partial charge >= 0.3 is 11.9 Å². The Kier molecular flexibility index (Phi) is 10.4. The molecule has 3 fully saturated rings. The van der Waals surface area contributed by atoms with Crippen LogP contribution in [0, 0.1) is 24.7 Å². The lowest BCUT2D eigenvalue weighted by molar-refractivity contribution is -0.843. The summed E-state index contributed by atoms with van der Waals surface area (Å²) in [7, 11) is 2.09. The number of halogens is 2. The number of nitrogens with one attached hydrogen (secondary N) is 2. The Morgan fingerprint density at radius 3 is 2.39 bits per heavy atom. The number of urea groups is 1. The molecule has 4 aliphatic rings. The van der Waals surface area contributed by atoms with Crippen molar-refractivity contribution in [2.45, 2.75) is 70.9 Å². The summed E-state index contributed by atoms with van der Waals surface area (Å²) in [5.74, 6) is 1.24. The Morgan fingerprint density at radius 2 is 1.70 bits per heavy atom. The standard InChI is InChI=1S/C36H47BrClN5O3/c1-24-19-25(21-31(37)34(24)38)20-29(35(45)43(2)17-11-27(12-18-43)26-7-13-39-14-8-26)22-33(44)41-15-9-30(10-16-41)42-23-28-5-3-4-6-32(28)40-36(42)46/h3-6,19,21,26-27,29-30,39H,7-18,20,22-23H2,1-2H3/p+1. The average molecular weight is 714 g/mol. The first kappa shape index (κ1) is 33.4. The van der Waals surface area contributed by atoms with Gasteiger partial charge in [-0.15, -0.1) is 0 Å². The van der Waals surface area contributed by atoms with Crippen molar-refractivity contribution in [1.29, 1.82) is 0 Å². The predicted molar refractivity (Wildman–Crippen MR) is 186 cm³/mol. The van der Waals surface area contributed by atoms with E-state index in [0.29, 0.717) is 41.5 Å². The number of fused-ring (bicyclic) bond motifs is 1. The molecule has 4 aliphatic heterocycles. The highest BCUT2D eigenvalue weighted by Gasteiger charge is 2.44. The molecule has 8 nitrogen and oxygen atoms in total. The van der Waals surface area contributed by atoms with E-state index in [0.717, 1.165) is 84.6 Å². The summed E-state index contributed by atoms with van der Waals surface area (Å²) in [5, 5.41) is 7.18. The third-order valence-electron chi connectivity index (χ3n) is 11.2. The second-order valence-corrected chi connectivity index (χ2v) is 15.5. The molecule has 0 saturated carbocycles. The monoisotopic (exact) mass is 712 g/mol. The summed E-state index contributed by atoms with van der Waals surface area (Å²) >= 11 is 10.0. The van der Waals surface area contributed by atoms with Gasteiger partial charge in [-0.3, -0.25) is 9.28 Å². The fraction of sp³-hybridized carbons (Fsp3) is 0.583. The molecule has 4 heterocycles. The Labute approximate surface area is 286 Å². The van der Waals surface area contributed by atoms with Gasteiger partial charge in [-0.1, -0.05) is 35.9 Å². The molecule has 6 rings (SSSR count). The minimum absolute atomic E-state index is 0.0335. The molecule has 1 atom stereocenters. The number of benzene rings is 2. The van der Waals surface area contributed by atoms with Gasteiger partial charge in [0.15, 0.2) is 0 Å². The molecule has 248 valence electrons. The number of aryl methyl sites for hydroxylation is 1. The number of likely N-dealkylation sites (tertiary alicyclic amines) is 2. The van der Waals surface area contributed by atoms with Crippen molar-refractivity contribution >= 4 is 51.1 Å². The van der Waals surface area contributed by atoms with Gasteiger partial charge in [0.05, 0.1) is 31.1 Å². The van der Waals surface area contributed by atoms with Crippen LogP contribution in [0.5, 0.6) is 0 Å². The maximum absolute atomic E-state index is 14.5. The van der Waals surface area contributed by atoms with Crippen LogP contribution >= 0.6 is 27.5 Å². The van der Waals surface area contributed by atoms with E-state index in [1.165, 1.54) is 12.8 Å². The molecule has 4 amide bonds. The summed E-state index contributed by atoms with van der Waals surface area (Å²) in [6.45, 7) is 7.62. The van der Waals surface area contributed by atoms with Crippen molar-refractivity contribution in [3.8, 4) is 0 Å². The van der Waals surface area contributed by atoms with Gasteiger partial charge in [0.1, 0.15) is 0 Å². The van der Waals surface area contributed by atoms with Crippen molar-refractivity contribution in [1.82, 2.24) is 15.1 Å². The number of quaternary nitrogens is 1. The number of nitrogens with zero attached hydrogens (tertiary/aromatic N) is 3. The largest absolute Gasteiger partial charge is 0.343 e. The maximum atomic E-state index is 14.5. The first-order valence-electron chi connectivity index (χ1n) is 17.1. The summed E-state index contributed by atoms with van der Waals surface area (Å²) in [5.41, 5.74) is 3.97. The zero-order valence-electron chi connectivity index (χ0n) is 27.2. The van der Waals surface area contributed by atoms with E-state index in [2.05, 4.69) is 45.7 Å². The second kappa shape index (κ2) is 14.3. The van der Waals surface area contributed by atoms with E-state index in [9.17, 15) is 14.4 Å².